The Bertz CT molecular complexity index is 1030. The number of hydrogen-bond donors (Lipinski definition) is 1. The smallest absolute Gasteiger partial charge is 0.263 e. The maximum absolute atomic E-state index is 13.1. The summed E-state index contributed by atoms with van der Waals surface area (Å²) < 4.78 is 5.93. The van der Waals surface area contributed by atoms with E-state index in [0.29, 0.717) is 29.8 Å². The Labute approximate surface area is 182 Å². The number of carbonyl (C=O) groups is 1. The molecule has 0 saturated carbocycles. The molecule has 1 aromatic heterocycles. The zero-order valence-electron chi connectivity index (χ0n) is 17.5. The molecule has 0 radical (unpaired) electrons. The average Bonchev–Trinajstić information content (AvgIpc) is 3.17. The number of ether oxygens (including phenoxy) is 1. The predicted molar refractivity (Wildman–Crippen MR) is 119 cm³/mol. The molecule has 0 saturated heterocycles. The summed E-state index contributed by atoms with van der Waals surface area (Å²) in [5.41, 5.74) is 5.25. The number of fused-ring (bicyclic) bond motifs is 1. The topological polar surface area (TPSA) is 58.2 Å². The monoisotopic (exact) mass is 423 g/mol. The molecule has 30 heavy (non-hydrogen) atoms. The second kappa shape index (κ2) is 8.52. The van der Waals surface area contributed by atoms with E-state index in [1.807, 2.05) is 60.4 Å². The Kier molecular flexibility index (Phi) is 5.82. The standard InChI is InChI=1S/C24H26ClN3O2/c1-15(2)17-6-10-20(11-7-17)30-16(3)24(29)28-13-12-22-21(14-28)23(27-26-22)18-4-8-19(25)9-5-18/h4-11,15-16H,12-14H2,1-3H3,(H,26,27). The van der Waals surface area contributed by atoms with Gasteiger partial charge in [-0.05, 0) is 42.7 Å². The zero-order valence-corrected chi connectivity index (χ0v) is 18.2. The lowest BCUT2D eigenvalue weighted by atomic mass is 10.0. The van der Waals surface area contributed by atoms with Crippen LogP contribution in [0.5, 0.6) is 5.75 Å². The van der Waals surface area contributed by atoms with E-state index < -0.39 is 6.10 Å². The van der Waals surface area contributed by atoms with Crippen LogP contribution in [0.2, 0.25) is 5.02 Å². The Morgan fingerprint density at radius 3 is 2.47 bits per heavy atom. The molecular formula is C24H26ClN3O2. The van der Waals surface area contributed by atoms with E-state index in [1.54, 1.807) is 0 Å². The summed E-state index contributed by atoms with van der Waals surface area (Å²) in [5, 5.41) is 8.31. The number of carbonyl (C=O) groups excluding carboxylic acids is 1. The SMILES string of the molecule is CC(Oc1ccc(C(C)C)cc1)C(=O)N1CCc2[nH]nc(-c3ccc(Cl)cc3)c2C1. The number of nitrogens with one attached hydrogen (secondary N) is 1. The summed E-state index contributed by atoms with van der Waals surface area (Å²) in [6.07, 6.45) is 0.194. The summed E-state index contributed by atoms with van der Waals surface area (Å²) in [5.74, 6) is 1.16. The van der Waals surface area contributed by atoms with E-state index in [-0.39, 0.29) is 5.91 Å². The van der Waals surface area contributed by atoms with Gasteiger partial charge in [-0.2, -0.15) is 5.10 Å². The number of aromatic nitrogens is 2. The summed E-state index contributed by atoms with van der Waals surface area (Å²) in [6, 6.07) is 15.6. The van der Waals surface area contributed by atoms with Gasteiger partial charge >= 0.3 is 0 Å². The fraction of sp³-hybridized carbons (Fsp3) is 0.333. The van der Waals surface area contributed by atoms with Crippen molar-refractivity contribution >= 4 is 17.5 Å². The van der Waals surface area contributed by atoms with Crippen molar-refractivity contribution in [1.82, 2.24) is 15.1 Å². The number of rotatable bonds is 5. The fourth-order valence-electron chi connectivity index (χ4n) is 3.77. The van der Waals surface area contributed by atoms with Gasteiger partial charge in [-0.25, -0.2) is 0 Å². The van der Waals surface area contributed by atoms with Crippen molar-refractivity contribution in [2.75, 3.05) is 6.54 Å². The number of halogens is 1. The first-order valence-electron chi connectivity index (χ1n) is 10.3. The van der Waals surface area contributed by atoms with Gasteiger partial charge in [0.2, 0.25) is 0 Å². The molecular weight excluding hydrogens is 398 g/mol. The van der Waals surface area contributed by atoms with Crippen LogP contribution < -0.4 is 4.74 Å². The maximum atomic E-state index is 13.1. The Hall–Kier alpha value is -2.79. The number of benzene rings is 2. The lowest BCUT2D eigenvalue weighted by Crippen LogP contribution is -2.43. The number of H-pyrrole nitrogens is 1. The molecule has 0 spiro atoms. The van der Waals surface area contributed by atoms with Gasteiger partial charge in [-0.3, -0.25) is 9.89 Å². The molecule has 0 fully saturated rings. The first-order valence-corrected chi connectivity index (χ1v) is 10.7. The molecule has 4 rings (SSSR count). The molecule has 1 aliphatic rings. The second-order valence-corrected chi connectivity index (χ2v) is 8.47. The highest BCUT2D eigenvalue weighted by molar-refractivity contribution is 6.30. The van der Waals surface area contributed by atoms with Crippen molar-refractivity contribution in [3.63, 3.8) is 0 Å². The lowest BCUT2D eigenvalue weighted by Gasteiger charge is -2.29. The normalized spacial score (nSPS) is 14.5. The first kappa shape index (κ1) is 20.5. The van der Waals surface area contributed by atoms with Crippen LogP contribution in [0.4, 0.5) is 0 Å². The highest BCUT2D eigenvalue weighted by atomic mass is 35.5. The van der Waals surface area contributed by atoms with Crippen molar-refractivity contribution in [3.8, 4) is 17.0 Å². The van der Waals surface area contributed by atoms with Crippen LogP contribution in [0.3, 0.4) is 0 Å². The van der Waals surface area contributed by atoms with Crippen LogP contribution in [0, 0.1) is 0 Å². The minimum atomic E-state index is -0.553. The zero-order chi connectivity index (χ0) is 21.3. The average molecular weight is 424 g/mol. The molecule has 2 heterocycles. The van der Waals surface area contributed by atoms with E-state index in [4.69, 9.17) is 16.3 Å². The highest BCUT2D eigenvalue weighted by Crippen LogP contribution is 2.29. The van der Waals surface area contributed by atoms with E-state index in [2.05, 4.69) is 24.0 Å². The van der Waals surface area contributed by atoms with Crippen molar-refractivity contribution < 1.29 is 9.53 Å². The molecule has 1 atom stereocenters. The van der Waals surface area contributed by atoms with Crippen LogP contribution in [0.1, 0.15) is 43.5 Å². The molecule has 3 aromatic rings. The quantitative estimate of drug-likeness (QED) is 0.613. The van der Waals surface area contributed by atoms with Crippen LogP contribution in [-0.2, 0) is 17.8 Å². The number of hydrogen-bond acceptors (Lipinski definition) is 3. The molecule has 2 aromatic carbocycles. The van der Waals surface area contributed by atoms with Gasteiger partial charge in [-0.1, -0.05) is 49.7 Å². The number of amides is 1. The summed E-state index contributed by atoms with van der Waals surface area (Å²) in [6.45, 7) is 7.28. The highest BCUT2D eigenvalue weighted by Gasteiger charge is 2.29. The third kappa shape index (κ3) is 4.21. The van der Waals surface area contributed by atoms with Crippen molar-refractivity contribution in [3.05, 3.63) is 70.4 Å². The molecule has 1 N–H and O–H groups in total. The van der Waals surface area contributed by atoms with Crippen molar-refractivity contribution in [2.24, 2.45) is 0 Å². The minimum Gasteiger partial charge on any atom is -0.481 e. The van der Waals surface area contributed by atoms with E-state index >= 15 is 0 Å². The molecule has 1 aliphatic heterocycles. The van der Waals surface area contributed by atoms with Crippen LogP contribution in [0.15, 0.2) is 48.5 Å². The summed E-state index contributed by atoms with van der Waals surface area (Å²) >= 11 is 6.01. The van der Waals surface area contributed by atoms with E-state index in [9.17, 15) is 4.79 Å². The van der Waals surface area contributed by atoms with Gasteiger partial charge in [-0.15, -0.1) is 0 Å². The van der Waals surface area contributed by atoms with Crippen LogP contribution >= 0.6 is 11.6 Å². The molecule has 1 unspecified atom stereocenters. The maximum Gasteiger partial charge on any atom is 0.263 e. The Morgan fingerprint density at radius 2 is 1.80 bits per heavy atom. The third-order valence-corrected chi connectivity index (χ3v) is 5.82. The predicted octanol–water partition coefficient (Wildman–Crippen LogP) is 5.21. The van der Waals surface area contributed by atoms with Gasteiger partial charge in [0.05, 0.1) is 5.69 Å². The molecule has 0 aliphatic carbocycles. The molecule has 1 amide bonds. The minimum absolute atomic E-state index is 0.0168. The Balaban J connectivity index is 1.46. The second-order valence-electron chi connectivity index (χ2n) is 8.03. The molecule has 156 valence electrons. The van der Waals surface area contributed by atoms with Crippen LogP contribution in [0.25, 0.3) is 11.3 Å². The fourth-order valence-corrected chi connectivity index (χ4v) is 3.90. The summed E-state index contributed by atoms with van der Waals surface area (Å²) in [7, 11) is 0. The van der Waals surface area contributed by atoms with Crippen molar-refractivity contribution in [2.45, 2.75) is 45.8 Å². The van der Waals surface area contributed by atoms with Gasteiger partial charge in [0.15, 0.2) is 6.10 Å². The third-order valence-electron chi connectivity index (χ3n) is 5.57. The molecule has 0 bridgehead atoms. The van der Waals surface area contributed by atoms with Gasteiger partial charge in [0.1, 0.15) is 5.75 Å². The number of aromatic amines is 1. The van der Waals surface area contributed by atoms with Gasteiger partial charge in [0.25, 0.3) is 5.91 Å². The van der Waals surface area contributed by atoms with Gasteiger partial charge in [0, 0.05) is 41.4 Å². The van der Waals surface area contributed by atoms with E-state index in [1.165, 1.54) is 5.56 Å². The van der Waals surface area contributed by atoms with Crippen molar-refractivity contribution in [1.29, 1.82) is 0 Å². The van der Waals surface area contributed by atoms with E-state index in [0.717, 1.165) is 28.9 Å². The Morgan fingerprint density at radius 1 is 1.10 bits per heavy atom. The van der Waals surface area contributed by atoms with Crippen LogP contribution in [-0.4, -0.2) is 33.7 Å². The lowest BCUT2D eigenvalue weighted by molar-refractivity contribution is -0.138. The van der Waals surface area contributed by atoms with Gasteiger partial charge < -0.3 is 9.64 Å². The largest absolute Gasteiger partial charge is 0.481 e. The number of nitrogens with zero attached hydrogens (tertiary/aromatic N) is 2. The molecule has 6 heteroatoms. The first-order chi connectivity index (χ1) is 14.4. The summed E-state index contributed by atoms with van der Waals surface area (Å²) in [4.78, 5) is 14.9. The molecule has 5 nitrogen and oxygen atoms in total.